The standard InChI is InChI=1S/C30H35F4N7O2/c1-19-18-41(14-11-38(19)3)25-16-23(31)22(20-5-7-26(35-17-20)40-12-9-37(2)10-13-40)15-24(25)36-29(43)21-6-8-27(42)39(4)28(21)30(32,33)34/h5-8,15-17,19H,9-14,18H2,1-4H3,(H,36,43)/t19-/m1/s1. The Kier molecular flexibility index (Phi) is 8.48. The fourth-order valence-corrected chi connectivity index (χ4v) is 5.53. The van der Waals surface area contributed by atoms with Gasteiger partial charge in [-0.2, -0.15) is 13.2 Å². The van der Waals surface area contributed by atoms with E-state index < -0.39 is 34.7 Å². The number of hydrogen-bond donors (Lipinski definition) is 1. The monoisotopic (exact) mass is 601 g/mol. The highest BCUT2D eigenvalue weighted by Crippen LogP contribution is 2.37. The fraction of sp³-hybridized carbons (Fsp3) is 0.433. The predicted octanol–water partition coefficient (Wildman–Crippen LogP) is 3.75. The van der Waals surface area contributed by atoms with E-state index in [0.29, 0.717) is 35.5 Å². The Labute approximate surface area is 247 Å². The van der Waals surface area contributed by atoms with Gasteiger partial charge in [0.05, 0.1) is 16.9 Å². The Bertz CT molecular complexity index is 1550. The Balaban J connectivity index is 1.53. The molecule has 43 heavy (non-hydrogen) atoms. The van der Waals surface area contributed by atoms with Gasteiger partial charge in [0.1, 0.15) is 17.3 Å². The van der Waals surface area contributed by atoms with E-state index in [9.17, 15) is 22.8 Å². The minimum Gasteiger partial charge on any atom is -0.367 e. The molecule has 2 aliphatic heterocycles. The molecule has 2 aliphatic rings. The van der Waals surface area contributed by atoms with Crippen LogP contribution in [-0.4, -0.2) is 91.2 Å². The summed E-state index contributed by atoms with van der Waals surface area (Å²) in [6.45, 7) is 7.17. The topological polar surface area (TPSA) is 77.0 Å². The largest absolute Gasteiger partial charge is 0.432 e. The summed E-state index contributed by atoms with van der Waals surface area (Å²) >= 11 is 0. The first-order valence-electron chi connectivity index (χ1n) is 14.1. The van der Waals surface area contributed by atoms with Crippen LogP contribution in [0.2, 0.25) is 0 Å². The van der Waals surface area contributed by atoms with Gasteiger partial charge in [-0.05, 0) is 51.4 Å². The number of benzene rings is 1. The van der Waals surface area contributed by atoms with E-state index in [2.05, 4.69) is 32.0 Å². The molecule has 0 aliphatic carbocycles. The molecule has 13 heteroatoms. The van der Waals surface area contributed by atoms with Crippen LogP contribution < -0.4 is 20.7 Å². The Hall–Kier alpha value is -3.97. The van der Waals surface area contributed by atoms with Crippen molar-refractivity contribution in [1.82, 2.24) is 19.4 Å². The second kappa shape index (κ2) is 12.0. The maximum absolute atomic E-state index is 15.7. The van der Waals surface area contributed by atoms with E-state index in [1.165, 1.54) is 12.1 Å². The van der Waals surface area contributed by atoms with Crippen LogP contribution >= 0.6 is 0 Å². The van der Waals surface area contributed by atoms with Gasteiger partial charge in [-0.25, -0.2) is 9.37 Å². The molecule has 2 fully saturated rings. The number of piperazine rings is 2. The van der Waals surface area contributed by atoms with Crippen molar-refractivity contribution in [2.75, 3.05) is 75.0 Å². The summed E-state index contributed by atoms with van der Waals surface area (Å²) in [5.74, 6) is -0.845. The minimum absolute atomic E-state index is 0.117. The van der Waals surface area contributed by atoms with Crippen LogP contribution in [0.1, 0.15) is 23.0 Å². The molecule has 0 radical (unpaired) electrons. The zero-order chi connectivity index (χ0) is 31.1. The van der Waals surface area contributed by atoms with E-state index in [1.54, 1.807) is 12.3 Å². The maximum atomic E-state index is 15.7. The Morgan fingerprint density at radius 3 is 2.28 bits per heavy atom. The lowest BCUT2D eigenvalue weighted by atomic mass is 10.0. The quantitative estimate of drug-likeness (QED) is 0.447. The highest BCUT2D eigenvalue weighted by atomic mass is 19.4. The van der Waals surface area contributed by atoms with Crippen LogP contribution in [0.15, 0.2) is 47.4 Å². The molecule has 2 aromatic heterocycles. The molecular weight excluding hydrogens is 566 g/mol. The van der Waals surface area contributed by atoms with Crippen LogP contribution in [0.5, 0.6) is 0 Å². The van der Waals surface area contributed by atoms with Crippen molar-refractivity contribution < 1.29 is 22.4 Å². The molecular formula is C30H35F4N7O2. The summed E-state index contributed by atoms with van der Waals surface area (Å²) in [6.07, 6.45) is -3.40. The number of aromatic nitrogens is 2. The molecule has 1 amide bonds. The average molecular weight is 602 g/mol. The minimum atomic E-state index is -4.96. The number of carbonyl (C=O) groups excluding carboxylic acids is 1. The number of halogens is 4. The van der Waals surface area contributed by atoms with Crippen molar-refractivity contribution in [3.8, 4) is 11.1 Å². The van der Waals surface area contributed by atoms with E-state index in [1.807, 2.05) is 24.9 Å². The van der Waals surface area contributed by atoms with Crippen molar-refractivity contribution in [1.29, 1.82) is 0 Å². The highest BCUT2D eigenvalue weighted by Gasteiger charge is 2.38. The van der Waals surface area contributed by atoms with E-state index in [0.717, 1.165) is 51.2 Å². The first-order chi connectivity index (χ1) is 20.3. The van der Waals surface area contributed by atoms with Crippen molar-refractivity contribution in [3.05, 3.63) is 70.0 Å². The summed E-state index contributed by atoms with van der Waals surface area (Å²) in [4.78, 5) is 38.4. The molecule has 5 rings (SSSR count). The summed E-state index contributed by atoms with van der Waals surface area (Å²) in [6, 6.07) is 8.20. The number of nitrogens with one attached hydrogen (secondary N) is 1. The molecule has 3 aromatic rings. The van der Waals surface area contributed by atoms with Crippen molar-refractivity contribution in [2.45, 2.75) is 19.1 Å². The zero-order valence-electron chi connectivity index (χ0n) is 24.6. The van der Waals surface area contributed by atoms with Gasteiger partial charge >= 0.3 is 6.18 Å². The third-order valence-electron chi connectivity index (χ3n) is 8.35. The molecule has 1 N–H and O–H groups in total. The molecule has 2 saturated heterocycles. The average Bonchev–Trinajstić information content (AvgIpc) is 2.96. The number of likely N-dealkylation sites (N-methyl/N-ethyl adjacent to an activating group) is 2. The van der Waals surface area contributed by atoms with Crippen LogP contribution in [-0.2, 0) is 13.2 Å². The van der Waals surface area contributed by atoms with E-state index in [4.69, 9.17) is 0 Å². The lowest BCUT2D eigenvalue weighted by Gasteiger charge is -2.39. The van der Waals surface area contributed by atoms with E-state index >= 15 is 4.39 Å². The molecule has 0 spiro atoms. The molecule has 230 valence electrons. The van der Waals surface area contributed by atoms with Crippen LogP contribution in [0, 0.1) is 5.82 Å². The van der Waals surface area contributed by atoms with Crippen molar-refractivity contribution >= 4 is 23.1 Å². The van der Waals surface area contributed by atoms with Gasteiger partial charge in [-0.15, -0.1) is 0 Å². The molecule has 0 saturated carbocycles. The van der Waals surface area contributed by atoms with Gasteiger partial charge in [0.15, 0.2) is 0 Å². The van der Waals surface area contributed by atoms with Gasteiger partial charge < -0.3 is 29.5 Å². The summed E-state index contributed by atoms with van der Waals surface area (Å²) < 4.78 is 58.0. The zero-order valence-corrected chi connectivity index (χ0v) is 24.6. The third-order valence-corrected chi connectivity index (χ3v) is 8.35. The lowest BCUT2D eigenvalue weighted by Crippen LogP contribution is -2.50. The number of amides is 1. The number of hydrogen-bond acceptors (Lipinski definition) is 7. The van der Waals surface area contributed by atoms with E-state index in [-0.39, 0.29) is 17.3 Å². The number of rotatable bonds is 5. The van der Waals surface area contributed by atoms with Gasteiger partial charge in [0, 0.05) is 82.3 Å². The number of anilines is 3. The summed E-state index contributed by atoms with van der Waals surface area (Å²) in [5.41, 5.74) is -1.85. The maximum Gasteiger partial charge on any atom is 0.432 e. The normalized spacial score (nSPS) is 18.7. The second-order valence-electron chi connectivity index (χ2n) is 11.3. The van der Waals surface area contributed by atoms with Crippen molar-refractivity contribution in [2.24, 2.45) is 7.05 Å². The van der Waals surface area contributed by atoms with Crippen LogP contribution in [0.3, 0.4) is 0 Å². The lowest BCUT2D eigenvalue weighted by molar-refractivity contribution is -0.144. The number of carbonyl (C=O) groups is 1. The predicted molar refractivity (Wildman–Crippen MR) is 158 cm³/mol. The van der Waals surface area contributed by atoms with Crippen LogP contribution in [0.25, 0.3) is 11.1 Å². The van der Waals surface area contributed by atoms with Gasteiger partial charge in [0.2, 0.25) is 0 Å². The Morgan fingerprint density at radius 1 is 0.953 bits per heavy atom. The van der Waals surface area contributed by atoms with Crippen molar-refractivity contribution in [3.63, 3.8) is 0 Å². The third kappa shape index (κ3) is 6.37. The molecule has 1 atom stereocenters. The number of alkyl halides is 3. The van der Waals surface area contributed by atoms with Gasteiger partial charge in [0.25, 0.3) is 11.5 Å². The highest BCUT2D eigenvalue weighted by molar-refractivity contribution is 6.07. The fourth-order valence-electron chi connectivity index (χ4n) is 5.53. The molecule has 9 nitrogen and oxygen atoms in total. The van der Waals surface area contributed by atoms with Gasteiger partial charge in [-0.1, -0.05) is 0 Å². The second-order valence-corrected chi connectivity index (χ2v) is 11.3. The van der Waals surface area contributed by atoms with Crippen LogP contribution in [0.4, 0.5) is 34.8 Å². The molecule has 0 bridgehead atoms. The number of pyridine rings is 2. The number of nitrogens with zero attached hydrogens (tertiary/aromatic N) is 6. The molecule has 4 heterocycles. The molecule has 1 aromatic carbocycles. The Morgan fingerprint density at radius 2 is 1.65 bits per heavy atom. The molecule has 0 unspecified atom stereocenters. The van der Waals surface area contributed by atoms with Gasteiger partial charge in [-0.3, -0.25) is 9.59 Å². The summed E-state index contributed by atoms with van der Waals surface area (Å²) in [7, 11) is 5.00. The first-order valence-corrected chi connectivity index (χ1v) is 14.1. The summed E-state index contributed by atoms with van der Waals surface area (Å²) in [5, 5.41) is 2.60. The first kappa shape index (κ1) is 30.5. The SMILES string of the molecule is C[C@@H]1CN(c2cc(F)c(-c3ccc(N4CCN(C)CC4)nc3)cc2NC(=O)c2ccc(=O)n(C)c2C(F)(F)F)CCN1C. The smallest absolute Gasteiger partial charge is 0.367 e.